The summed E-state index contributed by atoms with van der Waals surface area (Å²) in [5.74, 6) is 0.306. The molecular weight excluding hydrogens is 382 g/mol. The van der Waals surface area contributed by atoms with Crippen molar-refractivity contribution >= 4 is 29.1 Å². The Labute approximate surface area is 175 Å². The third-order valence-electron chi connectivity index (χ3n) is 5.70. The van der Waals surface area contributed by atoms with Crippen LogP contribution >= 0.6 is 0 Å². The zero-order valence-corrected chi connectivity index (χ0v) is 17.0. The van der Waals surface area contributed by atoms with Crippen LogP contribution in [0.15, 0.2) is 48.5 Å². The molecule has 2 aromatic rings. The van der Waals surface area contributed by atoms with Crippen LogP contribution in [0, 0.1) is 0 Å². The van der Waals surface area contributed by atoms with Crippen molar-refractivity contribution in [3.63, 3.8) is 0 Å². The van der Waals surface area contributed by atoms with E-state index >= 15 is 0 Å². The van der Waals surface area contributed by atoms with Crippen LogP contribution in [0.5, 0.6) is 5.75 Å². The van der Waals surface area contributed by atoms with Crippen molar-refractivity contribution < 1.29 is 19.1 Å². The minimum absolute atomic E-state index is 0.0256. The number of nitrogens with zero attached hydrogens (tertiary/aromatic N) is 2. The standard InChI is InChI=1S/C23H25N3O4/c1-30-17-10-8-16(9-11-17)19-7-4-14-25(19)22(28)12-13-23(29)26-15-21(27)24-18-5-2-3-6-20(18)26/h2-3,5-6,8-11,19H,4,7,12-15H2,1H3,(H,24,27). The van der Waals surface area contributed by atoms with Gasteiger partial charge in [-0.1, -0.05) is 24.3 Å². The topological polar surface area (TPSA) is 79.0 Å². The molecule has 30 heavy (non-hydrogen) atoms. The zero-order valence-electron chi connectivity index (χ0n) is 17.0. The van der Waals surface area contributed by atoms with Gasteiger partial charge in [0.15, 0.2) is 0 Å². The van der Waals surface area contributed by atoms with E-state index in [1.807, 2.05) is 41.3 Å². The number of carbonyl (C=O) groups is 3. The normalized spacial score (nSPS) is 18.0. The third kappa shape index (κ3) is 4.01. The summed E-state index contributed by atoms with van der Waals surface area (Å²) >= 11 is 0. The zero-order chi connectivity index (χ0) is 21.1. The largest absolute Gasteiger partial charge is 0.497 e. The minimum atomic E-state index is -0.229. The second kappa shape index (κ2) is 8.57. The van der Waals surface area contributed by atoms with Crippen molar-refractivity contribution in [2.24, 2.45) is 0 Å². The van der Waals surface area contributed by atoms with Gasteiger partial charge < -0.3 is 19.9 Å². The first-order valence-corrected chi connectivity index (χ1v) is 10.2. The summed E-state index contributed by atoms with van der Waals surface area (Å²) in [5, 5.41) is 2.77. The molecule has 1 unspecified atom stereocenters. The summed E-state index contributed by atoms with van der Waals surface area (Å²) in [7, 11) is 1.63. The number of amides is 3. The number of likely N-dealkylation sites (tertiary alicyclic amines) is 1. The molecule has 0 aromatic heterocycles. The van der Waals surface area contributed by atoms with Gasteiger partial charge in [-0.3, -0.25) is 14.4 Å². The van der Waals surface area contributed by atoms with Crippen LogP contribution in [0.4, 0.5) is 11.4 Å². The van der Waals surface area contributed by atoms with E-state index in [9.17, 15) is 14.4 Å². The number of hydrogen-bond donors (Lipinski definition) is 1. The number of nitrogens with one attached hydrogen (secondary N) is 1. The van der Waals surface area contributed by atoms with E-state index < -0.39 is 0 Å². The lowest BCUT2D eigenvalue weighted by molar-refractivity contribution is -0.134. The van der Waals surface area contributed by atoms with Crippen molar-refractivity contribution in [2.75, 3.05) is 30.4 Å². The Morgan fingerprint density at radius 2 is 1.80 bits per heavy atom. The number of benzene rings is 2. The Balaban J connectivity index is 1.40. The second-order valence-corrected chi connectivity index (χ2v) is 7.56. The molecule has 2 aliphatic heterocycles. The molecule has 0 aliphatic carbocycles. The monoisotopic (exact) mass is 407 g/mol. The predicted octanol–water partition coefficient (Wildman–Crippen LogP) is 3.12. The van der Waals surface area contributed by atoms with E-state index in [-0.39, 0.29) is 43.1 Å². The average molecular weight is 407 g/mol. The fraction of sp³-hybridized carbons (Fsp3) is 0.348. The lowest BCUT2D eigenvalue weighted by Gasteiger charge is -2.29. The Morgan fingerprint density at radius 3 is 2.57 bits per heavy atom. The van der Waals surface area contributed by atoms with Crippen molar-refractivity contribution in [2.45, 2.75) is 31.7 Å². The van der Waals surface area contributed by atoms with Crippen molar-refractivity contribution in [3.8, 4) is 5.75 Å². The van der Waals surface area contributed by atoms with E-state index in [4.69, 9.17) is 4.74 Å². The molecule has 1 N–H and O–H groups in total. The van der Waals surface area contributed by atoms with Gasteiger partial charge in [0.1, 0.15) is 12.3 Å². The van der Waals surface area contributed by atoms with Crippen LogP contribution in [-0.4, -0.2) is 42.8 Å². The summed E-state index contributed by atoms with van der Waals surface area (Å²) in [4.78, 5) is 41.0. The van der Waals surface area contributed by atoms with Gasteiger partial charge in [-0.15, -0.1) is 0 Å². The smallest absolute Gasteiger partial charge is 0.244 e. The highest BCUT2D eigenvalue weighted by Crippen LogP contribution is 2.34. The molecular formula is C23H25N3O4. The molecule has 2 aromatic carbocycles. The first-order valence-electron chi connectivity index (χ1n) is 10.2. The number of fused-ring (bicyclic) bond motifs is 1. The molecule has 7 nitrogen and oxygen atoms in total. The molecule has 1 atom stereocenters. The van der Waals surface area contributed by atoms with E-state index in [0.29, 0.717) is 17.9 Å². The van der Waals surface area contributed by atoms with Crippen LogP contribution in [0.25, 0.3) is 0 Å². The molecule has 2 heterocycles. The highest BCUT2D eigenvalue weighted by atomic mass is 16.5. The van der Waals surface area contributed by atoms with Crippen molar-refractivity contribution in [3.05, 3.63) is 54.1 Å². The molecule has 1 fully saturated rings. The predicted molar refractivity (Wildman–Crippen MR) is 113 cm³/mol. The third-order valence-corrected chi connectivity index (χ3v) is 5.70. The molecule has 3 amide bonds. The maximum Gasteiger partial charge on any atom is 0.244 e. The van der Waals surface area contributed by atoms with Crippen molar-refractivity contribution in [1.82, 2.24) is 4.90 Å². The van der Waals surface area contributed by atoms with Gasteiger partial charge in [0.25, 0.3) is 0 Å². The minimum Gasteiger partial charge on any atom is -0.497 e. The Morgan fingerprint density at radius 1 is 1.07 bits per heavy atom. The summed E-state index contributed by atoms with van der Waals surface area (Å²) < 4.78 is 5.21. The van der Waals surface area contributed by atoms with E-state index in [2.05, 4.69) is 5.32 Å². The molecule has 156 valence electrons. The van der Waals surface area contributed by atoms with Gasteiger partial charge >= 0.3 is 0 Å². The van der Waals surface area contributed by atoms with Crippen LogP contribution in [0.1, 0.15) is 37.3 Å². The van der Waals surface area contributed by atoms with Gasteiger partial charge in [-0.2, -0.15) is 0 Å². The fourth-order valence-corrected chi connectivity index (χ4v) is 4.19. The maximum absolute atomic E-state index is 12.9. The maximum atomic E-state index is 12.9. The van der Waals surface area contributed by atoms with E-state index in [0.717, 1.165) is 24.2 Å². The first kappa shape index (κ1) is 19.9. The van der Waals surface area contributed by atoms with E-state index in [1.165, 1.54) is 4.90 Å². The van der Waals surface area contributed by atoms with E-state index in [1.54, 1.807) is 19.2 Å². The first-order chi connectivity index (χ1) is 14.6. The lowest BCUT2D eigenvalue weighted by Crippen LogP contribution is -2.42. The van der Waals surface area contributed by atoms with Crippen LogP contribution < -0.4 is 15.0 Å². The number of ether oxygens (including phenoxy) is 1. The molecule has 0 saturated carbocycles. The number of carbonyl (C=O) groups excluding carboxylic acids is 3. The molecule has 0 bridgehead atoms. The van der Waals surface area contributed by atoms with Gasteiger partial charge in [0, 0.05) is 19.4 Å². The molecule has 0 spiro atoms. The number of rotatable bonds is 5. The second-order valence-electron chi connectivity index (χ2n) is 7.56. The highest BCUT2D eigenvalue weighted by molar-refractivity contribution is 6.10. The number of para-hydroxylation sites is 2. The number of anilines is 2. The summed E-state index contributed by atoms with van der Waals surface area (Å²) in [6, 6.07) is 15.0. The molecule has 2 aliphatic rings. The number of methoxy groups -OCH3 is 1. The summed E-state index contributed by atoms with van der Waals surface area (Å²) in [5.41, 5.74) is 2.37. The lowest BCUT2D eigenvalue weighted by atomic mass is 10.0. The number of hydrogen-bond acceptors (Lipinski definition) is 4. The Bertz CT molecular complexity index is 957. The fourth-order valence-electron chi connectivity index (χ4n) is 4.19. The highest BCUT2D eigenvalue weighted by Gasteiger charge is 2.31. The molecule has 7 heteroatoms. The SMILES string of the molecule is COc1ccc(C2CCCN2C(=O)CCC(=O)N2CC(=O)Nc3ccccc32)cc1. The van der Waals surface area contributed by atoms with Gasteiger partial charge in [-0.25, -0.2) is 0 Å². The molecule has 0 radical (unpaired) electrons. The van der Waals surface area contributed by atoms with Gasteiger partial charge in [0.05, 0.1) is 24.5 Å². The van der Waals surface area contributed by atoms with Crippen LogP contribution in [0.2, 0.25) is 0 Å². The Kier molecular flexibility index (Phi) is 5.70. The average Bonchev–Trinajstić information content (AvgIpc) is 3.26. The van der Waals surface area contributed by atoms with Crippen LogP contribution in [0.3, 0.4) is 0 Å². The quantitative estimate of drug-likeness (QED) is 0.826. The molecule has 4 rings (SSSR count). The summed E-state index contributed by atoms with van der Waals surface area (Å²) in [6.45, 7) is 0.668. The van der Waals surface area contributed by atoms with Crippen molar-refractivity contribution in [1.29, 1.82) is 0 Å². The van der Waals surface area contributed by atoms with Gasteiger partial charge in [0.2, 0.25) is 17.7 Å². The Hall–Kier alpha value is -3.35. The molecule has 1 saturated heterocycles. The van der Waals surface area contributed by atoms with Gasteiger partial charge in [-0.05, 0) is 42.7 Å². The van der Waals surface area contributed by atoms with Crippen LogP contribution in [-0.2, 0) is 14.4 Å². The summed E-state index contributed by atoms with van der Waals surface area (Å²) in [6.07, 6.45) is 2.06.